The van der Waals surface area contributed by atoms with Gasteiger partial charge in [-0.05, 0) is 30.9 Å². The largest absolute Gasteiger partial charge is 0.473 e. The number of pyridine rings is 1. The Balaban J connectivity index is 2.04. The van der Waals surface area contributed by atoms with Crippen LogP contribution in [0, 0.1) is 0 Å². The molecular weight excluding hydrogens is 252 g/mol. The number of ether oxygens (including phenoxy) is 2. The van der Waals surface area contributed by atoms with Gasteiger partial charge in [0, 0.05) is 26.3 Å². The normalized spacial score (nSPS) is 23.9. The van der Waals surface area contributed by atoms with Crippen LogP contribution in [0.4, 0.5) is 0 Å². The highest BCUT2D eigenvalue weighted by Crippen LogP contribution is 2.30. The average Bonchev–Trinajstić information content (AvgIpc) is 2.41. The van der Waals surface area contributed by atoms with Crippen molar-refractivity contribution in [3.05, 3.63) is 22.8 Å². The highest BCUT2D eigenvalue weighted by atomic mass is 35.5. The first kappa shape index (κ1) is 13.6. The molecule has 1 aromatic rings. The van der Waals surface area contributed by atoms with Crippen molar-refractivity contribution in [1.82, 2.24) is 4.98 Å². The van der Waals surface area contributed by atoms with Gasteiger partial charge in [0.05, 0.1) is 6.10 Å². The Bertz CT molecular complexity index is 401. The second-order valence-corrected chi connectivity index (χ2v) is 4.94. The molecule has 100 valence electrons. The molecular formula is C13H19ClN2O2. The fourth-order valence-electron chi connectivity index (χ4n) is 2.28. The molecule has 0 amide bonds. The van der Waals surface area contributed by atoms with E-state index in [2.05, 4.69) is 4.98 Å². The lowest BCUT2D eigenvalue weighted by atomic mass is 9.95. The van der Waals surface area contributed by atoms with Crippen LogP contribution in [0.3, 0.4) is 0 Å². The van der Waals surface area contributed by atoms with Crippen LogP contribution in [-0.2, 0) is 11.3 Å². The average molecular weight is 271 g/mol. The smallest absolute Gasteiger partial charge is 0.233 e. The van der Waals surface area contributed by atoms with E-state index in [1.54, 1.807) is 13.3 Å². The summed E-state index contributed by atoms with van der Waals surface area (Å²) in [5.74, 6) is 0.487. The molecule has 1 saturated carbocycles. The van der Waals surface area contributed by atoms with Gasteiger partial charge in [0.1, 0.15) is 11.1 Å². The predicted octanol–water partition coefficient (Wildman–Crippen LogP) is 2.53. The van der Waals surface area contributed by atoms with Gasteiger partial charge in [-0.1, -0.05) is 11.6 Å². The van der Waals surface area contributed by atoms with Gasteiger partial charge in [0.2, 0.25) is 5.88 Å². The molecule has 1 aliphatic carbocycles. The van der Waals surface area contributed by atoms with Gasteiger partial charge in [0.25, 0.3) is 0 Å². The SMILES string of the molecule is COC1CCCC(Oc2nccc(CN)c2Cl)C1. The Kier molecular flexibility index (Phi) is 4.80. The second kappa shape index (κ2) is 6.36. The summed E-state index contributed by atoms with van der Waals surface area (Å²) in [6, 6.07) is 1.81. The summed E-state index contributed by atoms with van der Waals surface area (Å²) >= 11 is 6.20. The van der Waals surface area contributed by atoms with Crippen molar-refractivity contribution in [2.45, 2.75) is 44.4 Å². The Labute approximate surface area is 112 Å². The van der Waals surface area contributed by atoms with Gasteiger partial charge in [-0.3, -0.25) is 0 Å². The lowest BCUT2D eigenvalue weighted by Gasteiger charge is -2.28. The number of aromatic nitrogens is 1. The van der Waals surface area contributed by atoms with Gasteiger partial charge in [-0.25, -0.2) is 4.98 Å². The van der Waals surface area contributed by atoms with Crippen LogP contribution < -0.4 is 10.5 Å². The molecule has 0 radical (unpaired) electrons. The standard InChI is InChI=1S/C13H19ClN2O2/c1-17-10-3-2-4-11(7-10)18-13-12(14)9(8-15)5-6-16-13/h5-6,10-11H,2-4,7-8,15H2,1H3. The monoisotopic (exact) mass is 270 g/mol. The Morgan fingerprint density at radius 1 is 1.44 bits per heavy atom. The number of hydrogen-bond donors (Lipinski definition) is 1. The number of nitrogens with zero attached hydrogens (tertiary/aromatic N) is 1. The maximum atomic E-state index is 6.20. The van der Waals surface area contributed by atoms with Crippen molar-refractivity contribution in [3.8, 4) is 5.88 Å². The minimum atomic E-state index is 0.127. The number of hydrogen-bond acceptors (Lipinski definition) is 4. The Morgan fingerprint density at radius 2 is 2.22 bits per heavy atom. The molecule has 1 aliphatic rings. The molecule has 2 unspecified atom stereocenters. The predicted molar refractivity (Wildman–Crippen MR) is 70.8 cm³/mol. The Hall–Kier alpha value is -0.840. The number of methoxy groups -OCH3 is 1. The molecule has 5 heteroatoms. The van der Waals surface area contributed by atoms with Gasteiger partial charge in [0.15, 0.2) is 0 Å². The first-order chi connectivity index (χ1) is 8.74. The van der Waals surface area contributed by atoms with Crippen LogP contribution in [0.15, 0.2) is 12.3 Å². The Morgan fingerprint density at radius 3 is 2.94 bits per heavy atom. The number of halogens is 1. The third-order valence-electron chi connectivity index (χ3n) is 3.35. The molecule has 18 heavy (non-hydrogen) atoms. The van der Waals surface area contributed by atoms with Crippen LogP contribution >= 0.6 is 11.6 Å². The maximum absolute atomic E-state index is 6.20. The molecule has 2 N–H and O–H groups in total. The molecule has 2 atom stereocenters. The minimum Gasteiger partial charge on any atom is -0.473 e. The van der Waals surface area contributed by atoms with E-state index in [0.29, 0.717) is 17.4 Å². The molecule has 0 aliphatic heterocycles. The maximum Gasteiger partial charge on any atom is 0.233 e. The first-order valence-corrected chi connectivity index (χ1v) is 6.65. The number of nitrogens with two attached hydrogens (primary N) is 1. The summed E-state index contributed by atoms with van der Waals surface area (Å²) in [4.78, 5) is 4.18. The molecule has 1 aromatic heterocycles. The van der Waals surface area contributed by atoms with E-state index in [1.807, 2.05) is 6.07 Å². The number of rotatable bonds is 4. The van der Waals surface area contributed by atoms with Crippen molar-refractivity contribution < 1.29 is 9.47 Å². The second-order valence-electron chi connectivity index (χ2n) is 4.56. The van der Waals surface area contributed by atoms with Gasteiger partial charge >= 0.3 is 0 Å². The lowest BCUT2D eigenvalue weighted by molar-refractivity contribution is 0.0195. The van der Waals surface area contributed by atoms with E-state index >= 15 is 0 Å². The summed E-state index contributed by atoms with van der Waals surface area (Å²) in [6.07, 6.45) is 6.20. The van der Waals surface area contributed by atoms with Crippen molar-refractivity contribution >= 4 is 11.6 Å². The molecule has 0 spiro atoms. The van der Waals surface area contributed by atoms with Gasteiger partial charge < -0.3 is 15.2 Å². The van der Waals surface area contributed by atoms with Crippen LogP contribution in [-0.4, -0.2) is 24.3 Å². The molecule has 2 rings (SSSR count). The summed E-state index contributed by atoms with van der Waals surface area (Å²) < 4.78 is 11.3. The zero-order valence-corrected chi connectivity index (χ0v) is 11.3. The van der Waals surface area contributed by atoms with Crippen molar-refractivity contribution in [2.24, 2.45) is 5.73 Å². The molecule has 1 heterocycles. The van der Waals surface area contributed by atoms with Crippen molar-refractivity contribution in [3.63, 3.8) is 0 Å². The summed E-state index contributed by atoms with van der Waals surface area (Å²) in [6.45, 7) is 0.392. The quantitative estimate of drug-likeness (QED) is 0.913. The van der Waals surface area contributed by atoms with Crippen molar-refractivity contribution in [1.29, 1.82) is 0 Å². The van der Waals surface area contributed by atoms with E-state index in [1.165, 1.54) is 0 Å². The molecule has 0 bridgehead atoms. The molecule has 0 aromatic carbocycles. The van der Waals surface area contributed by atoms with E-state index in [0.717, 1.165) is 31.2 Å². The van der Waals surface area contributed by atoms with Crippen LogP contribution in [0.25, 0.3) is 0 Å². The topological polar surface area (TPSA) is 57.4 Å². The fourth-order valence-corrected chi connectivity index (χ4v) is 2.52. The zero-order chi connectivity index (χ0) is 13.0. The third kappa shape index (κ3) is 3.13. The van der Waals surface area contributed by atoms with Crippen LogP contribution in [0.2, 0.25) is 5.02 Å². The van der Waals surface area contributed by atoms with E-state index in [9.17, 15) is 0 Å². The van der Waals surface area contributed by atoms with Crippen LogP contribution in [0.1, 0.15) is 31.2 Å². The summed E-state index contributed by atoms with van der Waals surface area (Å²) in [5.41, 5.74) is 6.47. The molecule has 0 saturated heterocycles. The summed E-state index contributed by atoms with van der Waals surface area (Å²) in [5, 5.41) is 0.527. The highest BCUT2D eigenvalue weighted by molar-refractivity contribution is 6.32. The minimum absolute atomic E-state index is 0.127. The lowest BCUT2D eigenvalue weighted by Crippen LogP contribution is -2.29. The van der Waals surface area contributed by atoms with Crippen molar-refractivity contribution in [2.75, 3.05) is 7.11 Å². The fraction of sp³-hybridized carbons (Fsp3) is 0.615. The van der Waals surface area contributed by atoms with Gasteiger partial charge in [-0.2, -0.15) is 0 Å². The van der Waals surface area contributed by atoms with E-state index < -0.39 is 0 Å². The first-order valence-electron chi connectivity index (χ1n) is 6.27. The van der Waals surface area contributed by atoms with E-state index in [4.69, 9.17) is 26.8 Å². The summed E-state index contributed by atoms with van der Waals surface area (Å²) in [7, 11) is 1.74. The third-order valence-corrected chi connectivity index (χ3v) is 3.75. The molecule has 1 fully saturated rings. The van der Waals surface area contributed by atoms with E-state index in [-0.39, 0.29) is 12.2 Å². The zero-order valence-electron chi connectivity index (χ0n) is 10.6. The highest BCUT2D eigenvalue weighted by Gasteiger charge is 2.24. The van der Waals surface area contributed by atoms with Gasteiger partial charge in [-0.15, -0.1) is 0 Å². The molecule has 4 nitrogen and oxygen atoms in total. The van der Waals surface area contributed by atoms with Crippen LogP contribution in [0.5, 0.6) is 5.88 Å².